The number of aromatic nitrogens is 1. The molecule has 1 aromatic carbocycles. The average molecular weight is 380 g/mol. The second kappa shape index (κ2) is 9.35. The molecule has 0 aliphatic carbocycles. The van der Waals surface area contributed by atoms with Gasteiger partial charge in [0.05, 0.1) is 6.42 Å². The van der Waals surface area contributed by atoms with Crippen LogP contribution >= 0.6 is 0 Å². The standard InChI is InChI=1S/C22H28N4O2/c1-16-6-5-7-20(23-16)14-17(2)24-22(28)25-19-10-8-18(9-11-19)15-21(27)26-12-3-4-13-26/h5-11,17H,3-4,12-15H2,1-2H3,(H2,24,25,28). The van der Waals surface area contributed by atoms with Crippen molar-refractivity contribution in [1.29, 1.82) is 0 Å². The summed E-state index contributed by atoms with van der Waals surface area (Å²) in [7, 11) is 0. The van der Waals surface area contributed by atoms with Crippen LogP contribution in [-0.2, 0) is 17.6 Å². The minimum atomic E-state index is -0.249. The molecule has 0 bridgehead atoms. The monoisotopic (exact) mass is 380 g/mol. The third kappa shape index (κ3) is 5.81. The number of aryl methyl sites for hydroxylation is 1. The molecule has 3 rings (SSSR count). The summed E-state index contributed by atoms with van der Waals surface area (Å²) in [6.07, 6.45) is 3.28. The zero-order valence-corrected chi connectivity index (χ0v) is 16.6. The van der Waals surface area contributed by atoms with Gasteiger partial charge in [0.25, 0.3) is 0 Å². The van der Waals surface area contributed by atoms with E-state index in [1.54, 1.807) is 0 Å². The fraction of sp³-hybridized carbons (Fsp3) is 0.409. The number of hydrogen-bond acceptors (Lipinski definition) is 3. The van der Waals surface area contributed by atoms with Crippen molar-refractivity contribution in [2.24, 2.45) is 0 Å². The molecule has 2 aromatic rings. The van der Waals surface area contributed by atoms with Crippen LogP contribution in [0.25, 0.3) is 0 Å². The molecule has 148 valence electrons. The first-order valence-corrected chi connectivity index (χ1v) is 9.86. The van der Waals surface area contributed by atoms with E-state index in [9.17, 15) is 9.59 Å². The van der Waals surface area contributed by atoms with Crippen LogP contribution in [0.1, 0.15) is 36.7 Å². The molecule has 6 heteroatoms. The number of amides is 3. The van der Waals surface area contributed by atoms with E-state index < -0.39 is 0 Å². The fourth-order valence-electron chi connectivity index (χ4n) is 3.43. The van der Waals surface area contributed by atoms with Gasteiger partial charge >= 0.3 is 6.03 Å². The summed E-state index contributed by atoms with van der Waals surface area (Å²) in [5.74, 6) is 0.175. The molecule has 1 atom stereocenters. The maximum Gasteiger partial charge on any atom is 0.319 e. The Bertz CT molecular complexity index is 814. The first-order valence-electron chi connectivity index (χ1n) is 9.86. The van der Waals surface area contributed by atoms with E-state index in [0.29, 0.717) is 18.5 Å². The van der Waals surface area contributed by atoms with Crippen LogP contribution < -0.4 is 10.6 Å². The number of rotatable bonds is 6. The largest absolute Gasteiger partial charge is 0.342 e. The van der Waals surface area contributed by atoms with Gasteiger partial charge in [-0.05, 0) is 56.5 Å². The number of likely N-dealkylation sites (tertiary alicyclic amines) is 1. The van der Waals surface area contributed by atoms with Crippen LogP contribution in [0.5, 0.6) is 0 Å². The summed E-state index contributed by atoms with van der Waals surface area (Å²) < 4.78 is 0. The van der Waals surface area contributed by atoms with Gasteiger partial charge < -0.3 is 15.5 Å². The third-order valence-electron chi connectivity index (χ3n) is 4.86. The minimum Gasteiger partial charge on any atom is -0.342 e. The molecule has 1 aliphatic heterocycles. The van der Waals surface area contributed by atoms with Crippen molar-refractivity contribution in [2.75, 3.05) is 18.4 Å². The molecule has 2 N–H and O–H groups in total. The highest BCUT2D eigenvalue weighted by atomic mass is 16.2. The summed E-state index contributed by atoms with van der Waals surface area (Å²) in [4.78, 5) is 30.8. The van der Waals surface area contributed by atoms with Crippen LogP contribution in [0.15, 0.2) is 42.5 Å². The van der Waals surface area contributed by atoms with Gasteiger partial charge in [-0.1, -0.05) is 18.2 Å². The molecule has 1 aromatic heterocycles. The Balaban J connectivity index is 1.46. The van der Waals surface area contributed by atoms with Crippen LogP contribution in [0.3, 0.4) is 0 Å². The highest BCUT2D eigenvalue weighted by Crippen LogP contribution is 2.14. The smallest absolute Gasteiger partial charge is 0.319 e. The first kappa shape index (κ1) is 19.9. The maximum absolute atomic E-state index is 12.2. The van der Waals surface area contributed by atoms with Crippen molar-refractivity contribution in [3.63, 3.8) is 0 Å². The lowest BCUT2D eigenvalue weighted by molar-refractivity contribution is -0.129. The van der Waals surface area contributed by atoms with Gasteiger partial charge in [0.2, 0.25) is 5.91 Å². The van der Waals surface area contributed by atoms with Crippen molar-refractivity contribution < 1.29 is 9.59 Å². The Morgan fingerprint density at radius 2 is 1.82 bits per heavy atom. The molecular weight excluding hydrogens is 352 g/mol. The Morgan fingerprint density at radius 3 is 2.50 bits per heavy atom. The number of benzene rings is 1. The predicted molar refractivity (Wildman–Crippen MR) is 110 cm³/mol. The van der Waals surface area contributed by atoms with Crippen LogP contribution in [0, 0.1) is 6.92 Å². The quantitative estimate of drug-likeness (QED) is 0.807. The van der Waals surface area contributed by atoms with E-state index in [-0.39, 0.29) is 18.0 Å². The van der Waals surface area contributed by atoms with Crippen LogP contribution in [-0.4, -0.2) is 41.0 Å². The van der Waals surface area contributed by atoms with E-state index in [4.69, 9.17) is 0 Å². The maximum atomic E-state index is 12.2. The topological polar surface area (TPSA) is 74.3 Å². The molecule has 1 unspecified atom stereocenters. The van der Waals surface area contributed by atoms with E-state index in [1.807, 2.05) is 61.2 Å². The van der Waals surface area contributed by atoms with Gasteiger partial charge in [0.1, 0.15) is 0 Å². The molecule has 1 saturated heterocycles. The number of nitrogens with zero attached hydrogens (tertiary/aromatic N) is 2. The number of anilines is 1. The summed E-state index contributed by atoms with van der Waals surface area (Å²) in [5, 5.41) is 5.77. The Labute approximate surface area is 166 Å². The number of pyridine rings is 1. The lowest BCUT2D eigenvalue weighted by Gasteiger charge is -2.16. The highest BCUT2D eigenvalue weighted by molar-refractivity contribution is 5.89. The molecule has 3 amide bonds. The predicted octanol–water partition coefficient (Wildman–Crippen LogP) is 3.31. The number of nitrogens with one attached hydrogen (secondary N) is 2. The second-order valence-electron chi connectivity index (χ2n) is 7.44. The number of hydrogen-bond donors (Lipinski definition) is 2. The molecule has 2 heterocycles. The van der Waals surface area contributed by atoms with Gasteiger partial charge in [-0.3, -0.25) is 9.78 Å². The SMILES string of the molecule is Cc1cccc(CC(C)NC(=O)Nc2ccc(CC(=O)N3CCCC3)cc2)n1. The fourth-order valence-corrected chi connectivity index (χ4v) is 3.43. The van der Waals surface area contributed by atoms with Crippen molar-refractivity contribution >= 4 is 17.6 Å². The van der Waals surface area contributed by atoms with E-state index in [1.165, 1.54) is 0 Å². The third-order valence-corrected chi connectivity index (χ3v) is 4.86. The lowest BCUT2D eigenvalue weighted by Crippen LogP contribution is -2.37. The molecule has 0 spiro atoms. The molecule has 1 fully saturated rings. The van der Waals surface area contributed by atoms with Gasteiger partial charge in [-0.2, -0.15) is 0 Å². The average Bonchev–Trinajstić information content (AvgIpc) is 3.18. The Morgan fingerprint density at radius 1 is 1.11 bits per heavy atom. The van der Waals surface area contributed by atoms with E-state index in [2.05, 4.69) is 15.6 Å². The molecule has 28 heavy (non-hydrogen) atoms. The lowest BCUT2D eigenvalue weighted by atomic mass is 10.1. The van der Waals surface area contributed by atoms with Gasteiger partial charge in [0.15, 0.2) is 0 Å². The molecule has 0 radical (unpaired) electrons. The van der Waals surface area contributed by atoms with Crippen molar-refractivity contribution in [1.82, 2.24) is 15.2 Å². The van der Waals surface area contributed by atoms with Crippen LogP contribution in [0.2, 0.25) is 0 Å². The Hall–Kier alpha value is -2.89. The molecular formula is C22H28N4O2. The number of carbonyl (C=O) groups excluding carboxylic acids is 2. The summed E-state index contributed by atoms with van der Waals surface area (Å²) in [6, 6.07) is 13.1. The summed E-state index contributed by atoms with van der Waals surface area (Å²) in [5.41, 5.74) is 3.59. The Kier molecular flexibility index (Phi) is 6.63. The molecule has 0 saturated carbocycles. The summed E-state index contributed by atoms with van der Waals surface area (Å²) >= 11 is 0. The second-order valence-corrected chi connectivity index (χ2v) is 7.44. The number of urea groups is 1. The zero-order valence-electron chi connectivity index (χ0n) is 16.6. The van der Waals surface area contributed by atoms with Gasteiger partial charge in [-0.15, -0.1) is 0 Å². The van der Waals surface area contributed by atoms with Crippen LogP contribution in [0.4, 0.5) is 10.5 Å². The van der Waals surface area contributed by atoms with E-state index >= 15 is 0 Å². The van der Waals surface area contributed by atoms with Gasteiger partial charge in [0, 0.05) is 42.6 Å². The normalized spacial score (nSPS) is 14.6. The van der Waals surface area contributed by atoms with Crippen molar-refractivity contribution in [2.45, 2.75) is 45.6 Å². The molecule has 6 nitrogen and oxygen atoms in total. The van der Waals surface area contributed by atoms with Crippen molar-refractivity contribution in [3.05, 3.63) is 59.4 Å². The van der Waals surface area contributed by atoms with Gasteiger partial charge in [-0.25, -0.2) is 4.79 Å². The van der Waals surface area contributed by atoms with E-state index in [0.717, 1.165) is 42.9 Å². The zero-order chi connectivity index (χ0) is 19.9. The highest BCUT2D eigenvalue weighted by Gasteiger charge is 2.17. The first-order chi connectivity index (χ1) is 13.5. The molecule has 1 aliphatic rings. The van der Waals surface area contributed by atoms with Crippen molar-refractivity contribution in [3.8, 4) is 0 Å². The number of carbonyl (C=O) groups is 2. The minimum absolute atomic E-state index is 0.0355. The summed E-state index contributed by atoms with van der Waals surface area (Å²) in [6.45, 7) is 5.65.